The van der Waals surface area contributed by atoms with E-state index in [2.05, 4.69) is 41.5 Å². The maximum Gasteiger partial charge on any atom is 0.331 e. The van der Waals surface area contributed by atoms with E-state index in [1.54, 1.807) is 0 Å². The zero-order valence-electron chi connectivity index (χ0n) is 27.6. The molecule has 1 aromatic rings. The first kappa shape index (κ1) is 36.5. The molecule has 1 aliphatic rings. The molecule has 3 atom stereocenters. The number of aliphatic carboxylic acids is 2. The highest BCUT2D eigenvalue weighted by molar-refractivity contribution is 5.97. The van der Waals surface area contributed by atoms with Gasteiger partial charge in [-0.05, 0) is 102 Å². The Morgan fingerprint density at radius 3 is 1.71 bits per heavy atom. The topological polar surface area (TPSA) is 104 Å². The van der Waals surface area contributed by atoms with Crippen molar-refractivity contribution in [2.24, 2.45) is 17.8 Å². The van der Waals surface area contributed by atoms with Gasteiger partial charge in [0.05, 0.1) is 0 Å². The summed E-state index contributed by atoms with van der Waals surface area (Å²) in [5, 5.41) is 26.9. The van der Waals surface area contributed by atoms with Crippen LogP contribution in [0.1, 0.15) is 135 Å². The fraction of sp³-hybridized carbons (Fsp3) is 0.714. The lowest BCUT2D eigenvalue weighted by atomic mass is 9.84. The first-order valence-corrected chi connectivity index (χ1v) is 15.6. The quantitative estimate of drug-likeness (QED) is 0.191. The van der Waals surface area contributed by atoms with E-state index in [0.29, 0.717) is 5.75 Å². The molecule has 0 aliphatic carbocycles. The third-order valence-electron chi connectivity index (χ3n) is 9.07. The molecule has 0 unspecified atom stereocenters. The van der Waals surface area contributed by atoms with Crippen molar-refractivity contribution in [2.75, 3.05) is 0 Å². The molecule has 1 aliphatic heterocycles. The number of ether oxygens (including phenoxy) is 1. The minimum Gasteiger partial charge on any atom is -0.507 e. The van der Waals surface area contributed by atoms with E-state index < -0.39 is 11.9 Å². The number of phenolic OH excluding ortho intramolecular Hbond substituents is 1. The first-order valence-electron chi connectivity index (χ1n) is 15.6. The second-order valence-corrected chi connectivity index (χ2v) is 13.3. The predicted molar refractivity (Wildman–Crippen MR) is 168 cm³/mol. The minimum atomic E-state index is -1.19. The summed E-state index contributed by atoms with van der Waals surface area (Å²) >= 11 is 0. The fourth-order valence-corrected chi connectivity index (χ4v) is 5.59. The Kier molecular flexibility index (Phi) is 15.0. The monoisotopic (exact) mass is 574 g/mol. The Morgan fingerprint density at radius 2 is 1.24 bits per heavy atom. The van der Waals surface area contributed by atoms with Gasteiger partial charge in [0, 0.05) is 16.7 Å². The van der Waals surface area contributed by atoms with Crippen molar-refractivity contribution in [1.29, 1.82) is 0 Å². The van der Waals surface area contributed by atoms with Crippen molar-refractivity contribution in [2.45, 2.75) is 145 Å². The summed E-state index contributed by atoms with van der Waals surface area (Å²) in [5.74, 6) is 1.65. The number of rotatable bonds is 14. The SMILES string of the molecule is CC(C(=O)O)=C(C)C(=O)O.Cc1c(C)c2c(c(C)c1O)CC[C@@](C)(CCC[C@H](C)CCC[C@H](C)CCCC(C)C)O2. The zero-order valence-corrected chi connectivity index (χ0v) is 27.6. The standard InChI is InChI=1S/C29H50O2.C6H8O4/c1-20(2)12-9-13-21(3)14-10-15-22(4)16-11-18-29(8)19-17-26-25(7)27(30)23(5)24(6)28(26)31-29;1-3(5(7)8)4(2)6(9)10/h20-22,30H,9-19H2,1-8H3;1-2H3,(H,7,8)(H,9,10)/t21-,22-,29-;/m1./s1. The molecule has 0 aromatic heterocycles. The summed E-state index contributed by atoms with van der Waals surface area (Å²) in [5.41, 5.74) is 3.96. The number of fused-ring (bicyclic) bond motifs is 1. The van der Waals surface area contributed by atoms with Crippen LogP contribution in [0.4, 0.5) is 0 Å². The van der Waals surface area contributed by atoms with Gasteiger partial charge in [0.25, 0.3) is 0 Å². The number of carboxylic acids is 2. The van der Waals surface area contributed by atoms with Gasteiger partial charge in [0.15, 0.2) is 0 Å². The van der Waals surface area contributed by atoms with Crippen LogP contribution in [-0.4, -0.2) is 32.9 Å². The van der Waals surface area contributed by atoms with E-state index >= 15 is 0 Å². The zero-order chi connectivity index (χ0) is 31.5. The molecule has 0 saturated heterocycles. The van der Waals surface area contributed by atoms with Gasteiger partial charge in [0.1, 0.15) is 17.1 Å². The lowest BCUT2D eigenvalue weighted by Gasteiger charge is -2.38. The number of benzene rings is 1. The van der Waals surface area contributed by atoms with Crippen LogP contribution in [0.5, 0.6) is 11.5 Å². The number of hydrogen-bond acceptors (Lipinski definition) is 4. The Labute approximate surface area is 249 Å². The molecule has 6 nitrogen and oxygen atoms in total. The fourth-order valence-electron chi connectivity index (χ4n) is 5.59. The molecule has 0 bridgehead atoms. The van der Waals surface area contributed by atoms with E-state index in [0.717, 1.165) is 59.5 Å². The van der Waals surface area contributed by atoms with Gasteiger partial charge >= 0.3 is 11.9 Å². The third-order valence-corrected chi connectivity index (χ3v) is 9.07. The third kappa shape index (κ3) is 11.7. The van der Waals surface area contributed by atoms with E-state index in [1.807, 2.05) is 13.8 Å². The van der Waals surface area contributed by atoms with Crippen LogP contribution >= 0.6 is 0 Å². The molecule has 3 N–H and O–H groups in total. The van der Waals surface area contributed by atoms with Gasteiger partial charge < -0.3 is 20.1 Å². The normalized spacial score (nSPS) is 18.4. The summed E-state index contributed by atoms with van der Waals surface area (Å²) in [7, 11) is 0. The second kappa shape index (κ2) is 16.8. The predicted octanol–water partition coefficient (Wildman–Crippen LogP) is 9.33. The van der Waals surface area contributed by atoms with Gasteiger partial charge in [-0.2, -0.15) is 0 Å². The molecule has 6 heteroatoms. The highest BCUT2D eigenvalue weighted by Gasteiger charge is 2.34. The van der Waals surface area contributed by atoms with Crippen LogP contribution < -0.4 is 4.74 Å². The molecular formula is C35H58O6. The first-order chi connectivity index (χ1) is 19.0. The lowest BCUT2D eigenvalue weighted by Crippen LogP contribution is -2.37. The van der Waals surface area contributed by atoms with Crippen LogP contribution in [0.2, 0.25) is 0 Å². The summed E-state index contributed by atoms with van der Waals surface area (Å²) < 4.78 is 6.60. The van der Waals surface area contributed by atoms with Crippen molar-refractivity contribution in [3.8, 4) is 11.5 Å². The Hall–Kier alpha value is -2.50. The molecule has 1 heterocycles. The largest absolute Gasteiger partial charge is 0.507 e. The van der Waals surface area contributed by atoms with Gasteiger partial charge in [-0.15, -0.1) is 0 Å². The molecule has 41 heavy (non-hydrogen) atoms. The maximum absolute atomic E-state index is 10.4. The second-order valence-electron chi connectivity index (χ2n) is 13.3. The summed E-state index contributed by atoms with van der Waals surface area (Å²) in [6.07, 6.45) is 14.1. The highest BCUT2D eigenvalue weighted by atomic mass is 16.5. The van der Waals surface area contributed by atoms with Gasteiger partial charge in [0.2, 0.25) is 0 Å². The van der Waals surface area contributed by atoms with Crippen LogP contribution in [0.3, 0.4) is 0 Å². The molecule has 1 aromatic carbocycles. The maximum atomic E-state index is 10.4. The summed E-state index contributed by atoms with van der Waals surface area (Å²) in [6, 6.07) is 0. The molecule has 0 spiro atoms. The molecule has 0 radical (unpaired) electrons. The van der Waals surface area contributed by atoms with E-state index in [-0.39, 0.29) is 16.7 Å². The average molecular weight is 575 g/mol. The van der Waals surface area contributed by atoms with E-state index in [4.69, 9.17) is 14.9 Å². The van der Waals surface area contributed by atoms with Gasteiger partial charge in [-0.3, -0.25) is 0 Å². The number of hydrogen-bond donors (Lipinski definition) is 3. The van der Waals surface area contributed by atoms with Crippen molar-refractivity contribution >= 4 is 11.9 Å². The van der Waals surface area contributed by atoms with Crippen LogP contribution in [0.25, 0.3) is 0 Å². The van der Waals surface area contributed by atoms with Crippen molar-refractivity contribution < 1.29 is 29.6 Å². The number of phenols is 1. The summed E-state index contributed by atoms with van der Waals surface area (Å²) in [4.78, 5) is 20.2. The number of aromatic hydroxyl groups is 1. The van der Waals surface area contributed by atoms with E-state index in [9.17, 15) is 14.7 Å². The van der Waals surface area contributed by atoms with Gasteiger partial charge in [-0.25, -0.2) is 9.59 Å². The molecule has 0 amide bonds. The minimum absolute atomic E-state index is 0.0712. The van der Waals surface area contributed by atoms with Crippen molar-refractivity contribution in [3.63, 3.8) is 0 Å². The summed E-state index contributed by atoms with van der Waals surface area (Å²) in [6.45, 7) is 20.5. The Morgan fingerprint density at radius 1 is 0.780 bits per heavy atom. The smallest absolute Gasteiger partial charge is 0.331 e. The number of carbonyl (C=O) groups is 2. The molecular weight excluding hydrogens is 516 g/mol. The molecule has 234 valence electrons. The molecule has 0 fully saturated rings. The lowest BCUT2D eigenvalue weighted by molar-refractivity contribution is -0.135. The van der Waals surface area contributed by atoms with Crippen LogP contribution in [0.15, 0.2) is 11.1 Å². The Bertz CT molecular complexity index is 1030. The van der Waals surface area contributed by atoms with Crippen molar-refractivity contribution in [1.82, 2.24) is 0 Å². The Balaban J connectivity index is 0.000000716. The number of carboxylic acid groups (broad SMARTS) is 2. The molecule has 2 rings (SSSR count). The highest BCUT2D eigenvalue weighted by Crippen LogP contribution is 2.44. The van der Waals surface area contributed by atoms with E-state index in [1.165, 1.54) is 70.8 Å². The van der Waals surface area contributed by atoms with Crippen LogP contribution in [0, 0.1) is 38.5 Å². The van der Waals surface area contributed by atoms with Crippen molar-refractivity contribution in [3.05, 3.63) is 33.4 Å². The van der Waals surface area contributed by atoms with Crippen LogP contribution in [-0.2, 0) is 16.0 Å². The van der Waals surface area contributed by atoms with Gasteiger partial charge in [-0.1, -0.05) is 72.6 Å². The molecule has 0 saturated carbocycles. The average Bonchev–Trinajstić information content (AvgIpc) is 2.89.